The molecule has 0 saturated carbocycles. The van der Waals surface area contributed by atoms with E-state index >= 15 is 0 Å². The molecule has 0 unspecified atom stereocenters. The summed E-state index contributed by atoms with van der Waals surface area (Å²) in [6.45, 7) is 5.88. The van der Waals surface area contributed by atoms with Crippen molar-refractivity contribution in [2.24, 2.45) is 0 Å². The number of methoxy groups -OCH3 is 1. The van der Waals surface area contributed by atoms with Crippen LogP contribution in [0.15, 0.2) is 54.6 Å². The molecule has 174 valence electrons. The number of carbonyl (C=O) groups excluding carboxylic acids is 1. The number of rotatable bonds is 7. The number of thiophene rings is 1. The van der Waals surface area contributed by atoms with E-state index in [0.717, 1.165) is 26.9 Å². The Balaban J connectivity index is 1.63. The molecule has 1 amide bonds. The lowest BCUT2D eigenvalue weighted by Crippen LogP contribution is -2.37. The molecule has 0 saturated heterocycles. The van der Waals surface area contributed by atoms with Crippen LogP contribution in [-0.4, -0.2) is 52.4 Å². The fourth-order valence-electron chi connectivity index (χ4n) is 4.13. The molecule has 1 aliphatic rings. The van der Waals surface area contributed by atoms with Crippen LogP contribution in [0.3, 0.4) is 0 Å². The standard InChI is InChI=1S/C25H23FN4O3S/c1-3-22(31)29-7-8-30-18(15-29)13-20(28-30)24-23(25-16(14-27-24)6-11-34-25)19-5-4-17(26)12-21(19)33-10-9-32-2/h3-6,11-14H,1,7-10,15H2,2H3. The third-order valence-electron chi connectivity index (χ3n) is 5.78. The maximum Gasteiger partial charge on any atom is 0.246 e. The molecule has 1 aromatic carbocycles. The number of halogens is 1. The van der Waals surface area contributed by atoms with Crippen LogP contribution >= 0.6 is 11.3 Å². The van der Waals surface area contributed by atoms with Gasteiger partial charge in [-0.1, -0.05) is 6.58 Å². The van der Waals surface area contributed by atoms with Gasteiger partial charge in [-0.05, 0) is 35.7 Å². The van der Waals surface area contributed by atoms with Crippen LogP contribution in [0.5, 0.6) is 5.75 Å². The smallest absolute Gasteiger partial charge is 0.246 e. The molecule has 7 nitrogen and oxygen atoms in total. The lowest BCUT2D eigenvalue weighted by Gasteiger charge is -2.26. The fourth-order valence-corrected chi connectivity index (χ4v) is 5.06. The number of hydrogen-bond acceptors (Lipinski definition) is 6. The van der Waals surface area contributed by atoms with Crippen molar-refractivity contribution < 1.29 is 18.7 Å². The lowest BCUT2D eigenvalue weighted by molar-refractivity contribution is -0.127. The number of hydrogen-bond donors (Lipinski definition) is 0. The van der Waals surface area contributed by atoms with E-state index in [-0.39, 0.29) is 11.7 Å². The summed E-state index contributed by atoms with van der Waals surface area (Å²) in [4.78, 5) is 18.6. The average Bonchev–Trinajstić information content (AvgIpc) is 3.50. The Morgan fingerprint density at radius 1 is 1.26 bits per heavy atom. The van der Waals surface area contributed by atoms with Gasteiger partial charge in [0, 0.05) is 47.1 Å². The number of aromatic nitrogens is 3. The van der Waals surface area contributed by atoms with Crippen molar-refractivity contribution in [3.63, 3.8) is 0 Å². The van der Waals surface area contributed by atoms with Gasteiger partial charge in [0.05, 0.1) is 31.1 Å². The summed E-state index contributed by atoms with van der Waals surface area (Å²) in [5.74, 6) is -0.0572. The molecule has 4 aromatic rings. The quantitative estimate of drug-likeness (QED) is 0.289. The maximum atomic E-state index is 14.2. The van der Waals surface area contributed by atoms with Gasteiger partial charge in [0.1, 0.15) is 23.9 Å². The van der Waals surface area contributed by atoms with Gasteiger partial charge in [-0.3, -0.25) is 14.5 Å². The van der Waals surface area contributed by atoms with E-state index < -0.39 is 0 Å². The second-order valence-corrected chi connectivity index (χ2v) is 8.79. The molecule has 1 aliphatic heterocycles. The fraction of sp³-hybridized carbons (Fsp3) is 0.240. The van der Waals surface area contributed by atoms with Crippen molar-refractivity contribution in [1.82, 2.24) is 19.7 Å². The van der Waals surface area contributed by atoms with Crippen LogP contribution < -0.4 is 4.74 Å². The minimum Gasteiger partial charge on any atom is -0.490 e. The van der Waals surface area contributed by atoms with E-state index in [1.54, 1.807) is 29.4 Å². The van der Waals surface area contributed by atoms with Gasteiger partial charge in [-0.25, -0.2) is 4.39 Å². The highest BCUT2D eigenvalue weighted by atomic mass is 32.1. The van der Waals surface area contributed by atoms with Crippen LogP contribution in [0.1, 0.15) is 5.69 Å². The summed E-state index contributed by atoms with van der Waals surface area (Å²) in [6, 6.07) is 8.50. The highest BCUT2D eigenvalue weighted by Crippen LogP contribution is 2.43. The Labute approximate surface area is 200 Å². The Morgan fingerprint density at radius 3 is 2.97 bits per heavy atom. The number of benzene rings is 1. The minimum absolute atomic E-state index is 0.100. The number of amides is 1. The van der Waals surface area contributed by atoms with E-state index in [0.29, 0.717) is 50.0 Å². The highest BCUT2D eigenvalue weighted by molar-refractivity contribution is 7.17. The molecule has 3 aromatic heterocycles. The molecule has 4 heterocycles. The Morgan fingerprint density at radius 2 is 2.15 bits per heavy atom. The molecule has 0 spiro atoms. The molecule has 0 atom stereocenters. The molecule has 0 radical (unpaired) electrons. The summed E-state index contributed by atoms with van der Waals surface area (Å²) < 4.78 is 28.1. The Kier molecular flexibility index (Phi) is 6.12. The van der Waals surface area contributed by atoms with Crippen molar-refractivity contribution in [3.05, 3.63) is 66.1 Å². The van der Waals surface area contributed by atoms with Gasteiger partial charge in [0.2, 0.25) is 5.91 Å². The summed E-state index contributed by atoms with van der Waals surface area (Å²) >= 11 is 1.59. The Bertz CT molecular complexity index is 1380. The first kappa shape index (κ1) is 22.2. The van der Waals surface area contributed by atoms with Gasteiger partial charge in [-0.2, -0.15) is 5.10 Å². The van der Waals surface area contributed by atoms with Crippen LogP contribution in [0, 0.1) is 5.82 Å². The average molecular weight is 479 g/mol. The number of ether oxygens (including phenoxy) is 2. The van der Waals surface area contributed by atoms with E-state index in [1.807, 2.05) is 28.4 Å². The monoisotopic (exact) mass is 478 g/mol. The van der Waals surface area contributed by atoms with Crippen LogP contribution in [0.2, 0.25) is 0 Å². The third kappa shape index (κ3) is 4.08. The zero-order valence-electron chi connectivity index (χ0n) is 18.7. The molecule has 0 N–H and O–H groups in total. The summed E-state index contributed by atoms with van der Waals surface area (Å²) in [5.41, 5.74) is 3.88. The lowest BCUT2D eigenvalue weighted by atomic mass is 9.99. The zero-order chi connectivity index (χ0) is 23.7. The molecule has 5 rings (SSSR count). The second-order valence-electron chi connectivity index (χ2n) is 7.88. The molecule has 0 fully saturated rings. The highest BCUT2D eigenvalue weighted by Gasteiger charge is 2.25. The first-order valence-electron chi connectivity index (χ1n) is 10.9. The zero-order valence-corrected chi connectivity index (χ0v) is 19.5. The number of fused-ring (bicyclic) bond motifs is 2. The largest absolute Gasteiger partial charge is 0.490 e. The van der Waals surface area contributed by atoms with E-state index in [4.69, 9.17) is 19.6 Å². The molecule has 9 heteroatoms. The molecular formula is C25H23FN4O3S. The van der Waals surface area contributed by atoms with E-state index in [2.05, 4.69) is 6.58 Å². The summed E-state index contributed by atoms with van der Waals surface area (Å²) in [6.07, 6.45) is 3.16. The van der Waals surface area contributed by atoms with Gasteiger partial charge in [0.15, 0.2) is 0 Å². The predicted octanol–water partition coefficient (Wildman–Crippen LogP) is 4.52. The maximum absolute atomic E-state index is 14.2. The summed E-state index contributed by atoms with van der Waals surface area (Å²) in [7, 11) is 1.59. The molecule has 0 aliphatic carbocycles. The van der Waals surface area contributed by atoms with Crippen molar-refractivity contribution >= 4 is 27.3 Å². The second kappa shape index (κ2) is 9.36. The molecular weight excluding hydrogens is 455 g/mol. The first-order chi connectivity index (χ1) is 16.6. The van der Waals surface area contributed by atoms with Crippen molar-refractivity contribution in [2.45, 2.75) is 13.1 Å². The van der Waals surface area contributed by atoms with Crippen molar-refractivity contribution in [3.8, 4) is 28.3 Å². The summed E-state index contributed by atoms with van der Waals surface area (Å²) in [5, 5.41) is 7.79. The number of nitrogens with zero attached hydrogens (tertiary/aromatic N) is 4. The van der Waals surface area contributed by atoms with Gasteiger partial charge < -0.3 is 14.4 Å². The first-order valence-corrected chi connectivity index (χ1v) is 11.7. The van der Waals surface area contributed by atoms with E-state index in [9.17, 15) is 9.18 Å². The normalized spacial score (nSPS) is 13.2. The van der Waals surface area contributed by atoms with Gasteiger partial charge in [-0.15, -0.1) is 11.3 Å². The number of pyridine rings is 1. The minimum atomic E-state index is -0.381. The predicted molar refractivity (Wildman–Crippen MR) is 129 cm³/mol. The molecule has 34 heavy (non-hydrogen) atoms. The molecule has 0 bridgehead atoms. The van der Waals surface area contributed by atoms with Crippen molar-refractivity contribution in [1.29, 1.82) is 0 Å². The van der Waals surface area contributed by atoms with E-state index in [1.165, 1.54) is 18.2 Å². The van der Waals surface area contributed by atoms with Crippen LogP contribution in [0.25, 0.3) is 32.6 Å². The Hall–Kier alpha value is -3.56. The van der Waals surface area contributed by atoms with Crippen molar-refractivity contribution in [2.75, 3.05) is 26.9 Å². The van der Waals surface area contributed by atoms with Crippen LogP contribution in [0.4, 0.5) is 4.39 Å². The van der Waals surface area contributed by atoms with Gasteiger partial charge >= 0.3 is 0 Å². The SMILES string of the molecule is C=CC(=O)N1CCn2nc(-c3ncc4ccsc4c3-c3ccc(F)cc3OCCOC)cc2C1. The third-order valence-corrected chi connectivity index (χ3v) is 6.72. The topological polar surface area (TPSA) is 69.5 Å². The van der Waals surface area contributed by atoms with Crippen LogP contribution in [-0.2, 0) is 22.6 Å². The van der Waals surface area contributed by atoms with Gasteiger partial charge in [0.25, 0.3) is 0 Å². The number of carbonyl (C=O) groups is 1.